The van der Waals surface area contributed by atoms with Gasteiger partial charge in [-0.25, -0.2) is 0 Å². The van der Waals surface area contributed by atoms with Crippen LogP contribution in [0.1, 0.15) is 33.6 Å². The Morgan fingerprint density at radius 3 is 1.83 bits per heavy atom. The summed E-state index contributed by atoms with van der Waals surface area (Å²) in [5.74, 6) is 0. The first-order chi connectivity index (χ1) is 4.66. The van der Waals surface area contributed by atoms with Gasteiger partial charge in [-0.3, -0.25) is 0 Å². The van der Waals surface area contributed by atoms with E-state index in [-0.39, 0.29) is 24.8 Å². The predicted octanol–water partition coefficient (Wildman–Crippen LogP) is 3.78. The summed E-state index contributed by atoms with van der Waals surface area (Å²) in [6, 6.07) is 0. The SMILES string of the molecule is CCC1=C(C)C(C)=[C]([Ti])C1.Cl.Cl. The molecule has 0 N–H and O–H groups in total. The Balaban J connectivity index is 0. The average Bonchev–Trinajstić information content (AvgIpc) is 2.17. The third kappa shape index (κ3) is 2.92. The molecule has 0 saturated heterocycles. The molecule has 0 spiro atoms. The Morgan fingerprint density at radius 2 is 1.67 bits per heavy atom. The van der Waals surface area contributed by atoms with E-state index in [0.717, 1.165) is 0 Å². The number of rotatable bonds is 1. The number of hydrogen-bond donors (Lipinski definition) is 0. The van der Waals surface area contributed by atoms with Crippen molar-refractivity contribution in [1.29, 1.82) is 0 Å². The summed E-state index contributed by atoms with van der Waals surface area (Å²) in [4.78, 5) is 0. The van der Waals surface area contributed by atoms with Crippen LogP contribution in [-0.4, -0.2) is 0 Å². The van der Waals surface area contributed by atoms with Gasteiger partial charge >= 0.3 is 74.6 Å². The van der Waals surface area contributed by atoms with Gasteiger partial charge < -0.3 is 0 Å². The van der Waals surface area contributed by atoms with Crippen molar-refractivity contribution in [1.82, 2.24) is 0 Å². The third-order valence-corrected chi connectivity index (χ3v) is 3.22. The van der Waals surface area contributed by atoms with E-state index in [1.54, 1.807) is 15.0 Å². The van der Waals surface area contributed by atoms with Crippen molar-refractivity contribution in [2.45, 2.75) is 33.6 Å². The van der Waals surface area contributed by atoms with Crippen LogP contribution in [0.2, 0.25) is 0 Å². The molecule has 0 aromatic carbocycles. The maximum absolute atomic E-state index is 2.24. The van der Waals surface area contributed by atoms with Crippen molar-refractivity contribution < 1.29 is 20.4 Å². The summed E-state index contributed by atoms with van der Waals surface area (Å²) in [6.07, 6.45) is 2.45. The van der Waals surface area contributed by atoms with Crippen LogP contribution < -0.4 is 0 Å². The average molecular weight is 242 g/mol. The van der Waals surface area contributed by atoms with Crippen molar-refractivity contribution >= 4 is 24.8 Å². The number of allylic oxidation sites excluding steroid dienone is 4. The minimum absolute atomic E-state index is 0. The van der Waals surface area contributed by atoms with Crippen LogP contribution in [0.5, 0.6) is 0 Å². The Kier molecular flexibility index (Phi) is 7.96. The Hall–Kier alpha value is 0.774. The van der Waals surface area contributed by atoms with Crippen LogP contribution in [0.4, 0.5) is 0 Å². The quantitative estimate of drug-likeness (QED) is 0.613. The molecule has 0 aliphatic heterocycles. The van der Waals surface area contributed by atoms with E-state index in [0.29, 0.717) is 0 Å². The molecule has 0 unspecified atom stereocenters. The van der Waals surface area contributed by atoms with E-state index in [9.17, 15) is 0 Å². The first kappa shape index (κ1) is 15.3. The molecule has 0 aromatic rings. The van der Waals surface area contributed by atoms with Crippen molar-refractivity contribution in [2.75, 3.05) is 0 Å². The molecule has 0 bridgehead atoms. The van der Waals surface area contributed by atoms with Crippen LogP contribution >= 0.6 is 24.8 Å². The van der Waals surface area contributed by atoms with Gasteiger partial charge in [-0.1, -0.05) is 0 Å². The first-order valence-electron chi connectivity index (χ1n) is 3.77. The molecule has 1 aliphatic rings. The maximum atomic E-state index is 2.24. The van der Waals surface area contributed by atoms with Gasteiger partial charge in [0.15, 0.2) is 0 Å². The second-order valence-electron chi connectivity index (χ2n) is 2.86. The molecule has 1 rings (SSSR count). The summed E-state index contributed by atoms with van der Waals surface area (Å²) in [6.45, 7) is 6.71. The monoisotopic (exact) mass is 241 g/mol. The van der Waals surface area contributed by atoms with Gasteiger partial charge in [0, 0.05) is 0 Å². The van der Waals surface area contributed by atoms with E-state index in [4.69, 9.17) is 0 Å². The minimum Gasteiger partial charge on any atom is -0.147 e. The molecule has 0 radical (unpaired) electrons. The largest absolute Gasteiger partial charge is 0.147 e. The Labute approximate surface area is 99.1 Å². The van der Waals surface area contributed by atoms with Crippen molar-refractivity contribution in [2.24, 2.45) is 0 Å². The molecule has 3 heteroatoms. The topological polar surface area (TPSA) is 0 Å². The van der Waals surface area contributed by atoms with Gasteiger partial charge in [0.2, 0.25) is 0 Å². The molecule has 0 heterocycles. The van der Waals surface area contributed by atoms with Crippen LogP contribution in [0, 0.1) is 0 Å². The molecule has 0 fully saturated rings. The van der Waals surface area contributed by atoms with Crippen molar-refractivity contribution in [3.63, 3.8) is 0 Å². The van der Waals surface area contributed by atoms with Crippen LogP contribution in [-0.2, 0) is 20.4 Å². The zero-order valence-corrected chi connectivity index (χ0v) is 10.9. The third-order valence-electron chi connectivity index (χ3n) is 2.36. The Bertz CT molecular complexity index is 217. The van der Waals surface area contributed by atoms with Crippen LogP contribution in [0.3, 0.4) is 0 Å². The summed E-state index contributed by atoms with van der Waals surface area (Å²) >= 11 is 2.24. The smallest absolute Gasteiger partial charge is 0.147 e. The zero-order valence-electron chi connectivity index (χ0n) is 7.73. The first-order valence-corrected chi connectivity index (χ1v) is 4.55. The van der Waals surface area contributed by atoms with Crippen LogP contribution in [0.15, 0.2) is 20.6 Å². The van der Waals surface area contributed by atoms with Gasteiger partial charge in [0.05, 0.1) is 0 Å². The van der Waals surface area contributed by atoms with E-state index in [1.165, 1.54) is 18.4 Å². The van der Waals surface area contributed by atoms with E-state index in [1.807, 2.05) is 0 Å². The molecule has 0 saturated carbocycles. The molecule has 0 nitrogen and oxygen atoms in total. The van der Waals surface area contributed by atoms with Crippen LogP contribution in [0.25, 0.3) is 0 Å². The summed E-state index contributed by atoms with van der Waals surface area (Å²) in [7, 11) is 0. The standard InChI is InChI=1S/C9H13.2ClH.Ti/c1-4-9-6-5-7(2)8(9)3;;;/h4,6H2,1-3H3;2*1H;. The fourth-order valence-electron chi connectivity index (χ4n) is 1.36. The van der Waals surface area contributed by atoms with Gasteiger partial charge in [0.1, 0.15) is 0 Å². The predicted molar refractivity (Wildman–Crippen MR) is 54.8 cm³/mol. The Morgan fingerprint density at radius 1 is 1.17 bits per heavy atom. The molecular formula is C9H15Cl2Ti. The normalized spacial score (nSPS) is 15.8. The number of halogens is 2. The second kappa shape index (κ2) is 6.26. The van der Waals surface area contributed by atoms with E-state index in [2.05, 4.69) is 41.2 Å². The summed E-state index contributed by atoms with van der Waals surface area (Å²) in [5.41, 5.74) is 4.70. The van der Waals surface area contributed by atoms with Gasteiger partial charge in [0.25, 0.3) is 0 Å². The fourth-order valence-corrected chi connectivity index (χ4v) is 1.99. The summed E-state index contributed by atoms with van der Waals surface area (Å²) in [5, 5.41) is 0. The van der Waals surface area contributed by atoms with Gasteiger partial charge in [-0.2, -0.15) is 0 Å². The second-order valence-corrected chi connectivity index (χ2v) is 3.80. The van der Waals surface area contributed by atoms with Gasteiger partial charge in [-0.05, 0) is 0 Å². The molecule has 0 atom stereocenters. The molecule has 12 heavy (non-hydrogen) atoms. The van der Waals surface area contributed by atoms with E-state index >= 15 is 0 Å². The molecular weight excluding hydrogens is 227 g/mol. The maximum Gasteiger partial charge on any atom is -0.147 e. The molecule has 0 amide bonds. The molecule has 1 aliphatic carbocycles. The molecule has 0 aromatic heterocycles. The van der Waals surface area contributed by atoms with E-state index < -0.39 is 0 Å². The fraction of sp³-hybridized carbons (Fsp3) is 0.556. The van der Waals surface area contributed by atoms with Crippen molar-refractivity contribution in [3.05, 3.63) is 20.6 Å². The minimum atomic E-state index is 0. The molecule has 69 valence electrons. The van der Waals surface area contributed by atoms with Gasteiger partial charge in [-0.15, -0.1) is 24.8 Å². The summed E-state index contributed by atoms with van der Waals surface area (Å²) < 4.78 is 1.56. The zero-order chi connectivity index (χ0) is 7.72. The van der Waals surface area contributed by atoms with Crippen molar-refractivity contribution in [3.8, 4) is 0 Å². The number of hydrogen-bond acceptors (Lipinski definition) is 0.